The third-order valence-corrected chi connectivity index (χ3v) is 4.01. The van der Waals surface area contributed by atoms with E-state index in [9.17, 15) is 4.79 Å². The highest BCUT2D eigenvalue weighted by Gasteiger charge is 2.34. The second kappa shape index (κ2) is 5.69. The molecule has 2 atom stereocenters. The van der Waals surface area contributed by atoms with Crippen LogP contribution in [-0.4, -0.2) is 34.2 Å². The van der Waals surface area contributed by atoms with Gasteiger partial charge in [0.1, 0.15) is 0 Å². The normalized spacial score (nSPS) is 22.5. The molecule has 1 saturated heterocycles. The molecule has 0 bridgehead atoms. The highest BCUT2D eigenvalue weighted by atomic mass is 16.5. The molecule has 2 unspecified atom stereocenters. The molecule has 0 amide bonds. The van der Waals surface area contributed by atoms with Crippen LogP contribution in [0.2, 0.25) is 0 Å². The minimum atomic E-state index is -0.713. The summed E-state index contributed by atoms with van der Waals surface area (Å²) in [6, 6.07) is 11.7. The number of aromatic nitrogens is 1. The first-order valence-corrected chi connectivity index (χ1v) is 7.09. The average molecular weight is 286 g/mol. The molecule has 5 nitrogen and oxygen atoms in total. The maximum atomic E-state index is 11.1. The van der Waals surface area contributed by atoms with E-state index >= 15 is 0 Å². The summed E-state index contributed by atoms with van der Waals surface area (Å²) in [7, 11) is 0. The molecule has 0 radical (unpaired) electrons. The summed E-state index contributed by atoms with van der Waals surface area (Å²) in [5, 5.41) is 13.2. The van der Waals surface area contributed by atoms with Gasteiger partial charge in [0.2, 0.25) is 0 Å². The SMILES string of the molecule is CC1CN(Cc2cc(-c3ccccc3)on2)CC1C(=O)O. The molecule has 2 aromatic rings. The van der Waals surface area contributed by atoms with Gasteiger partial charge in [-0.1, -0.05) is 42.4 Å². The average Bonchev–Trinajstić information content (AvgIpc) is 3.07. The zero-order valence-electron chi connectivity index (χ0n) is 11.9. The van der Waals surface area contributed by atoms with Crippen LogP contribution in [0.5, 0.6) is 0 Å². The summed E-state index contributed by atoms with van der Waals surface area (Å²) < 4.78 is 5.37. The van der Waals surface area contributed by atoms with Crippen molar-refractivity contribution in [3.05, 3.63) is 42.1 Å². The Hall–Kier alpha value is -2.14. The largest absolute Gasteiger partial charge is 0.481 e. The number of rotatable bonds is 4. The first-order valence-electron chi connectivity index (χ1n) is 7.09. The maximum absolute atomic E-state index is 11.1. The molecule has 1 N–H and O–H groups in total. The molecule has 110 valence electrons. The van der Waals surface area contributed by atoms with Crippen molar-refractivity contribution in [3.8, 4) is 11.3 Å². The van der Waals surface area contributed by atoms with Gasteiger partial charge in [-0.25, -0.2) is 0 Å². The summed E-state index contributed by atoms with van der Waals surface area (Å²) >= 11 is 0. The van der Waals surface area contributed by atoms with E-state index in [0.29, 0.717) is 13.1 Å². The fourth-order valence-corrected chi connectivity index (χ4v) is 2.87. The van der Waals surface area contributed by atoms with E-state index in [2.05, 4.69) is 10.1 Å². The smallest absolute Gasteiger partial charge is 0.308 e. The molecular weight excluding hydrogens is 268 g/mol. The minimum absolute atomic E-state index is 0.169. The summed E-state index contributed by atoms with van der Waals surface area (Å²) in [4.78, 5) is 13.3. The van der Waals surface area contributed by atoms with Crippen molar-refractivity contribution in [3.63, 3.8) is 0 Å². The Bertz CT molecular complexity index is 623. The third-order valence-electron chi connectivity index (χ3n) is 4.01. The topological polar surface area (TPSA) is 66.6 Å². The van der Waals surface area contributed by atoms with Gasteiger partial charge in [-0.15, -0.1) is 0 Å². The molecule has 1 aliphatic rings. The lowest BCUT2D eigenvalue weighted by Crippen LogP contribution is -2.23. The molecule has 5 heteroatoms. The fourth-order valence-electron chi connectivity index (χ4n) is 2.87. The van der Waals surface area contributed by atoms with Crippen molar-refractivity contribution in [2.24, 2.45) is 11.8 Å². The Kier molecular flexibility index (Phi) is 3.75. The van der Waals surface area contributed by atoms with Gasteiger partial charge in [0, 0.05) is 31.3 Å². The Labute approximate surface area is 123 Å². The van der Waals surface area contributed by atoms with Crippen LogP contribution in [0.4, 0.5) is 0 Å². The first-order chi connectivity index (χ1) is 10.1. The molecule has 1 aromatic heterocycles. The number of benzene rings is 1. The fraction of sp³-hybridized carbons (Fsp3) is 0.375. The van der Waals surface area contributed by atoms with E-state index in [1.54, 1.807) is 0 Å². The Morgan fingerprint density at radius 3 is 2.81 bits per heavy atom. The van der Waals surface area contributed by atoms with Crippen LogP contribution >= 0.6 is 0 Å². The number of carboxylic acid groups (broad SMARTS) is 1. The Morgan fingerprint density at radius 1 is 1.38 bits per heavy atom. The molecule has 1 aliphatic heterocycles. The monoisotopic (exact) mass is 286 g/mol. The van der Waals surface area contributed by atoms with Crippen molar-refractivity contribution in [2.75, 3.05) is 13.1 Å². The number of likely N-dealkylation sites (tertiary alicyclic amines) is 1. The van der Waals surface area contributed by atoms with Gasteiger partial charge in [0.25, 0.3) is 0 Å². The van der Waals surface area contributed by atoms with Gasteiger partial charge in [0.15, 0.2) is 5.76 Å². The van der Waals surface area contributed by atoms with E-state index in [1.165, 1.54) is 0 Å². The van der Waals surface area contributed by atoms with Gasteiger partial charge in [-0.2, -0.15) is 0 Å². The van der Waals surface area contributed by atoms with Crippen molar-refractivity contribution in [1.82, 2.24) is 10.1 Å². The number of carbonyl (C=O) groups is 1. The number of carboxylic acids is 1. The lowest BCUT2D eigenvalue weighted by molar-refractivity contribution is -0.142. The van der Waals surface area contributed by atoms with E-state index < -0.39 is 5.97 Å². The van der Waals surface area contributed by atoms with Crippen molar-refractivity contribution < 1.29 is 14.4 Å². The standard InChI is InChI=1S/C16H18N2O3/c1-11-8-18(10-14(11)16(19)20)9-13-7-15(21-17-13)12-5-3-2-4-6-12/h2-7,11,14H,8-10H2,1H3,(H,19,20). The molecular formula is C16H18N2O3. The van der Waals surface area contributed by atoms with Gasteiger partial charge in [-0.3, -0.25) is 9.69 Å². The number of hydrogen-bond donors (Lipinski definition) is 1. The Balaban J connectivity index is 1.67. The number of aliphatic carboxylic acids is 1. The number of hydrogen-bond acceptors (Lipinski definition) is 4. The second-order valence-corrected chi connectivity index (χ2v) is 5.66. The van der Waals surface area contributed by atoms with Crippen LogP contribution < -0.4 is 0 Å². The van der Waals surface area contributed by atoms with Gasteiger partial charge >= 0.3 is 5.97 Å². The molecule has 21 heavy (non-hydrogen) atoms. The van der Waals surface area contributed by atoms with Crippen LogP contribution in [0.1, 0.15) is 12.6 Å². The zero-order valence-corrected chi connectivity index (χ0v) is 11.9. The third kappa shape index (κ3) is 2.97. The summed E-state index contributed by atoms with van der Waals surface area (Å²) in [6.07, 6.45) is 0. The van der Waals surface area contributed by atoms with E-state index in [1.807, 2.05) is 43.3 Å². The first kappa shape index (κ1) is 13.8. The predicted molar refractivity (Wildman–Crippen MR) is 77.5 cm³/mol. The lowest BCUT2D eigenvalue weighted by Gasteiger charge is -2.12. The summed E-state index contributed by atoms with van der Waals surface area (Å²) in [5.74, 6) is -0.0868. The Morgan fingerprint density at radius 2 is 2.14 bits per heavy atom. The van der Waals surface area contributed by atoms with E-state index in [-0.39, 0.29) is 11.8 Å². The van der Waals surface area contributed by atoms with Crippen molar-refractivity contribution in [2.45, 2.75) is 13.5 Å². The van der Waals surface area contributed by atoms with Gasteiger partial charge in [-0.05, 0) is 5.92 Å². The molecule has 0 saturated carbocycles. The van der Waals surface area contributed by atoms with Crippen LogP contribution in [0.15, 0.2) is 40.9 Å². The van der Waals surface area contributed by atoms with Gasteiger partial charge < -0.3 is 9.63 Å². The molecule has 1 aromatic carbocycles. The summed E-state index contributed by atoms with van der Waals surface area (Å²) in [6.45, 7) is 3.97. The minimum Gasteiger partial charge on any atom is -0.481 e. The van der Waals surface area contributed by atoms with Gasteiger partial charge in [0.05, 0.1) is 11.6 Å². The van der Waals surface area contributed by atoms with Crippen LogP contribution in [0, 0.1) is 11.8 Å². The van der Waals surface area contributed by atoms with E-state index in [4.69, 9.17) is 9.63 Å². The molecule has 0 spiro atoms. The van der Waals surface area contributed by atoms with Crippen LogP contribution in [-0.2, 0) is 11.3 Å². The highest BCUT2D eigenvalue weighted by molar-refractivity contribution is 5.71. The van der Waals surface area contributed by atoms with Crippen LogP contribution in [0.25, 0.3) is 11.3 Å². The lowest BCUT2D eigenvalue weighted by atomic mass is 9.99. The zero-order chi connectivity index (χ0) is 14.8. The molecule has 1 fully saturated rings. The van der Waals surface area contributed by atoms with Crippen molar-refractivity contribution >= 4 is 5.97 Å². The molecule has 2 heterocycles. The van der Waals surface area contributed by atoms with Crippen LogP contribution in [0.3, 0.4) is 0 Å². The second-order valence-electron chi connectivity index (χ2n) is 5.66. The predicted octanol–water partition coefficient (Wildman–Crippen LogP) is 2.49. The number of nitrogens with zero attached hydrogens (tertiary/aromatic N) is 2. The highest BCUT2D eigenvalue weighted by Crippen LogP contribution is 2.26. The maximum Gasteiger partial charge on any atom is 0.308 e. The quantitative estimate of drug-likeness (QED) is 0.935. The summed E-state index contributed by atoms with van der Waals surface area (Å²) in [5.41, 5.74) is 1.83. The van der Waals surface area contributed by atoms with Crippen molar-refractivity contribution in [1.29, 1.82) is 0 Å². The molecule has 0 aliphatic carbocycles. The van der Waals surface area contributed by atoms with E-state index in [0.717, 1.165) is 23.6 Å². The molecule has 3 rings (SSSR count).